The average Bonchev–Trinajstić information content (AvgIpc) is 2.45. The Morgan fingerprint density at radius 3 is 2.42 bits per heavy atom. The molecule has 0 heterocycles. The Morgan fingerprint density at radius 1 is 1.21 bits per heavy atom. The van der Waals surface area contributed by atoms with Crippen molar-refractivity contribution in [1.29, 1.82) is 0 Å². The molecule has 104 valence electrons. The SMILES string of the molecule is CCCCOc1ccc(C(=CC(=O)OC)CC)cc1. The summed E-state index contributed by atoms with van der Waals surface area (Å²) < 4.78 is 10.3. The highest BCUT2D eigenvalue weighted by atomic mass is 16.5. The summed E-state index contributed by atoms with van der Waals surface area (Å²) >= 11 is 0. The molecule has 0 saturated heterocycles. The third-order valence-corrected chi connectivity index (χ3v) is 2.87. The highest BCUT2D eigenvalue weighted by Gasteiger charge is 2.03. The highest BCUT2D eigenvalue weighted by molar-refractivity contribution is 5.91. The molecule has 0 atom stereocenters. The van der Waals surface area contributed by atoms with Crippen molar-refractivity contribution >= 4 is 11.5 Å². The smallest absolute Gasteiger partial charge is 0.330 e. The summed E-state index contributed by atoms with van der Waals surface area (Å²) in [6.07, 6.45) is 4.50. The third kappa shape index (κ3) is 5.16. The first-order valence-corrected chi connectivity index (χ1v) is 6.73. The van der Waals surface area contributed by atoms with Gasteiger partial charge in [-0.15, -0.1) is 0 Å². The van der Waals surface area contributed by atoms with Gasteiger partial charge in [0.2, 0.25) is 0 Å². The number of hydrogen-bond acceptors (Lipinski definition) is 3. The molecule has 1 rings (SSSR count). The van der Waals surface area contributed by atoms with E-state index in [-0.39, 0.29) is 5.97 Å². The molecule has 0 aliphatic carbocycles. The monoisotopic (exact) mass is 262 g/mol. The van der Waals surface area contributed by atoms with Crippen LogP contribution < -0.4 is 4.74 Å². The number of benzene rings is 1. The van der Waals surface area contributed by atoms with Crippen LogP contribution in [-0.2, 0) is 9.53 Å². The molecule has 0 aromatic heterocycles. The van der Waals surface area contributed by atoms with Gasteiger partial charge in [0.05, 0.1) is 13.7 Å². The number of methoxy groups -OCH3 is 1. The molecule has 19 heavy (non-hydrogen) atoms. The van der Waals surface area contributed by atoms with Gasteiger partial charge in [-0.2, -0.15) is 0 Å². The Morgan fingerprint density at radius 2 is 1.89 bits per heavy atom. The van der Waals surface area contributed by atoms with E-state index in [9.17, 15) is 4.79 Å². The van der Waals surface area contributed by atoms with Gasteiger partial charge in [-0.25, -0.2) is 4.79 Å². The summed E-state index contributed by atoms with van der Waals surface area (Å²) in [7, 11) is 1.39. The fraction of sp³-hybridized carbons (Fsp3) is 0.438. The second-order valence-corrected chi connectivity index (χ2v) is 4.27. The Labute approximate surface area is 115 Å². The van der Waals surface area contributed by atoms with Crippen molar-refractivity contribution in [1.82, 2.24) is 0 Å². The Kier molecular flexibility index (Phi) is 6.72. The van der Waals surface area contributed by atoms with Crippen LogP contribution in [0.15, 0.2) is 30.3 Å². The van der Waals surface area contributed by atoms with Crippen molar-refractivity contribution in [3.63, 3.8) is 0 Å². The number of allylic oxidation sites excluding steroid dienone is 1. The minimum atomic E-state index is -0.319. The predicted molar refractivity (Wildman–Crippen MR) is 77.1 cm³/mol. The summed E-state index contributed by atoms with van der Waals surface area (Å²) in [5.41, 5.74) is 1.99. The molecule has 0 N–H and O–H groups in total. The lowest BCUT2D eigenvalue weighted by Crippen LogP contribution is -1.98. The second kappa shape index (κ2) is 8.35. The lowest BCUT2D eigenvalue weighted by molar-refractivity contribution is -0.134. The van der Waals surface area contributed by atoms with E-state index in [1.807, 2.05) is 31.2 Å². The highest BCUT2D eigenvalue weighted by Crippen LogP contribution is 2.21. The van der Waals surface area contributed by atoms with E-state index in [0.29, 0.717) is 0 Å². The fourth-order valence-corrected chi connectivity index (χ4v) is 1.69. The number of carbonyl (C=O) groups is 1. The van der Waals surface area contributed by atoms with Gasteiger partial charge < -0.3 is 9.47 Å². The minimum absolute atomic E-state index is 0.319. The molecule has 1 aromatic carbocycles. The van der Waals surface area contributed by atoms with E-state index in [1.165, 1.54) is 13.2 Å². The maximum Gasteiger partial charge on any atom is 0.330 e. The Balaban J connectivity index is 2.73. The van der Waals surface area contributed by atoms with Crippen LogP contribution in [0.1, 0.15) is 38.7 Å². The minimum Gasteiger partial charge on any atom is -0.494 e. The van der Waals surface area contributed by atoms with Crippen LogP contribution in [-0.4, -0.2) is 19.7 Å². The molecule has 0 bridgehead atoms. The molecule has 0 aliphatic heterocycles. The number of rotatable bonds is 7. The molecule has 0 spiro atoms. The van der Waals surface area contributed by atoms with E-state index in [0.717, 1.165) is 42.8 Å². The quantitative estimate of drug-likeness (QED) is 0.425. The van der Waals surface area contributed by atoms with Crippen LogP contribution in [0.3, 0.4) is 0 Å². The van der Waals surface area contributed by atoms with Gasteiger partial charge in [-0.05, 0) is 36.1 Å². The van der Waals surface area contributed by atoms with Crippen molar-refractivity contribution in [2.24, 2.45) is 0 Å². The summed E-state index contributed by atoms with van der Waals surface area (Å²) in [6.45, 7) is 4.90. The lowest BCUT2D eigenvalue weighted by atomic mass is 10.0. The first kappa shape index (κ1) is 15.3. The number of unbranched alkanes of at least 4 members (excludes halogenated alkanes) is 1. The lowest BCUT2D eigenvalue weighted by Gasteiger charge is -2.08. The van der Waals surface area contributed by atoms with Gasteiger partial charge in [0.15, 0.2) is 0 Å². The van der Waals surface area contributed by atoms with E-state index in [4.69, 9.17) is 4.74 Å². The second-order valence-electron chi connectivity index (χ2n) is 4.27. The van der Waals surface area contributed by atoms with Crippen molar-refractivity contribution < 1.29 is 14.3 Å². The first-order chi connectivity index (χ1) is 9.21. The molecule has 0 radical (unpaired) electrons. The number of carbonyl (C=O) groups excluding carboxylic acids is 1. The van der Waals surface area contributed by atoms with Gasteiger partial charge in [0, 0.05) is 6.08 Å². The van der Waals surface area contributed by atoms with E-state index in [1.54, 1.807) is 0 Å². The van der Waals surface area contributed by atoms with Crippen molar-refractivity contribution in [2.45, 2.75) is 33.1 Å². The number of ether oxygens (including phenoxy) is 2. The third-order valence-electron chi connectivity index (χ3n) is 2.87. The standard InChI is InChI=1S/C16H22O3/c1-4-6-11-19-15-9-7-14(8-10-15)13(5-2)12-16(17)18-3/h7-10,12H,4-6,11H2,1-3H3. The molecule has 3 nitrogen and oxygen atoms in total. The molecule has 3 heteroatoms. The molecular weight excluding hydrogens is 240 g/mol. The van der Waals surface area contributed by atoms with Crippen LogP contribution in [0.5, 0.6) is 5.75 Å². The summed E-state index contributed by atoms with van der Waals surface area (Å²) in [5, 5.41) is 0. The molecule has 0 aliphatic rings. The van der Waals surface area contributed by atoms with E-state index >= 15 is 0 Å². The van der Waals surface area contributed by atoms with Crippen molar-refractivity contribution in [3.05, 3.63) is 35.9 Å². The molecular formula is C16H22O3. The van der Waals surface area contributed by atoms with E-state index < -0.39 is 0 Å². The number of esters is 1. The Hall–Kier alpha value is -1.77. The first-order valence-electron chi connectivity index (χ1n) is 6.73. The van der Waals surface area contributed by atoms with Gasteiger partial charge in [-0.3, -0.25) is 0 Å². The van der Waals surface area contributed by atoms with Crippen molar-refractivity contribution in [2.75, 3.05) is 13.7 Å². The topological polar surface area (TPSA) is 35.5 Å². The van der Waals surface area contributed by atoms with Crippen LogP contribution >= 0.6 is 0 Å². The fourth-order valence-electron chi connectivity index (χ4n) is 1.69. The molecule has 0 fully saturated rings. The predicted octanol–water partition coefficient (Wildman–Crippen LogP) is 3.83. The molecule has 1 aromatic rings. The van der Waals surface area contributed by atoms with Crippen molar-refractivity contribution in [3.8, 4) is 5.75 Å². The Bertz CT molecular complexity index is 418. The molecule has 0 unspecified atom stereocenters. The van der Waals surface area contributed by atoms with Crippen LogP contribution in [0.25, 0.3) is 5.57 Å². The van der Waals surface area contributed by atoms with Crippen LogP contribution in [0, 0.1) is 0 Å². The van der Waals surface area contributed by atoms with Crippen LogP contribution in [0.4, 0.5) is 0 Å². The van der Waals surface area contributed by atoms with Gasteiger partial charge in [0.25, 0.3) is 0 Å². The maximum atomic E-state index is 11.3. The summed E-state index contributed by atoms with van der Waals surface area (Å²) in [6, 6.07) is 7.82. The molecule has 0 saturated carbocycles. The zero-order valence-electron chi connectivity index (χ0n) is 11.9. The zero-order valence-corrected chi connectivity index (χ0v) is 11.9. The summed E-state index contributed by atoms with van der Waals surface area (Å²) in [5.74, 6) is 0.547. The zero-order chi connectivity index (χ0) is 14.1. The van der Waals surface area contributed by atoms with Gasteiger partial charge in [-0.1, -0.05) is 32.4 Å². The van der Waals surface area contributed by atoms with E-state index in [2.05, 4.69) is 11.7 Å². The number of hydrogen-bond donors (Lipinski definition) is 0. The summed E-state index contributed by atoms with van der Waals surface area (Å²) in [4.78, 5) is 11.3. The van der Waals surface area contributed by atoms with Gasteiger partial charge in [0.1, 0.15) is 5.75 Å². The largest absolute Gasteiger partial charge is 0.494 e. The average molecular weight is 262 g/mol. The van der Waals surface area contributed by atoms with Gasteiger partial charge >= 0.3 is 5.97 Å². The normalized spacial score (nSPS) is 11.2. The maximum absolute atomic E-state index is 11.3. The molecule has 0 amide bonds. The van der Waals surface area contributed by atoms with Crippen LogP contribution in [0.2, 0.25) is 0 Å².